The van der Waals surface area contributed by atoms with Crippen LogP contribution >= 0.6 is 23.2 Å². The van der Waals surface area contributed by atoms with Gasteiger partial charge in [-0.15, -0.1) is 0 Å². The maximum absolute atomic E-state index is 13.1. The number of carbonyl (C=O) groups excluding carboxylic acids is 1. The summed E-state index contributed by atoms with van der Waals surface area (Å²) in [6.45, 7) is 5.09. The summed E-state index contributed by atoms with van der Waals surface area (Å²) in [6.07, 6.45) is 1.02. The molecule has 2 atom stereocenters. The summed E-state index contributed by atoms with van der Waals surface area (Å²) in [7, 11) is -3.64. The lowest BCUT2D eigenvalue weighted by atomic mass is 9.94. The predicted molar refractivity (Wildman–Crippen MR) is 117 cm³/mol. The average Bonchev–Trinajstić information content (AvgIpc) is 2.68. The van der Waals surface area contributed by atoms with Crippen molar-refractivity contribution in [1.82, 2.24) is 4.31 Å². The molecule has 5 nitrogen and oxygen atoms in total. The highest BCUT2D eigenvalue weighted by Gasteiger charge is 2.31. The number of Topliss-reactive ketones (excluding diaryl/α,β-unsaturated/α-hetero) is 1. The zero-order valence-electron chi connectivity index (χ0n) is 16.4. The Morgan fingerprint density at radius 1 is 1.10 bits per heavy atom. The molecular formula is C21H24Cl2N2O3S. The molecule has 1 heterocycles. The number of benzene rings is 2. The number of carbonyl (C=O) groups is 1. The minimum Gasteiger partial charge on any atom is -0.376 e. The number of ketones is 1. The van der Waals surface area contributed by atoms with E-state index in [0.717, 1.165) is 6.42 Å². The van der Waals surface area contributed by atoms with Crippen molar-refractivity contribution in [3.63, 3.8) is 0 Å². The zero-order valence-corrected chi connectivity index (χ0v) is 18.7. The number of nitrogens with one attached hydrogen (secondary N) is 1. The number of nitrogens with zero attached hydrogens (tertiary/aromatic N) is 1. The Balaban J connectivity index is 1.76. The summed E-state index contributed by atoms with van der Waals surface area (Å²) >= 11 is 12.1. The number of halogens is 2. The van der Waals surface area contributed by atoms with Crippen LogP contribution in [-0.4, -0.2) is 38.1 Å². The van der Waals surface area contributed by atoms with Crippen molar-refractivity contribution in [2.45, 2.75) is 25.2 Å². The summed E-state index contributed by atoms with van der Waals surface area (Å²) in [6, 6.07) is 11.3. The number of rotatable bonds is 6. The van der Waals surface area contributed by atoms with Crippen LogP contribution < -0.4 is 5.32 Å². The fourth-order valence-electron chi connectivity index (χ4n) is 3.70. The van der Waals surface area contributed by atoms with E-state index in [-0.39, 0.29) is 17.2 Å². The van der Waals surface area contributed by atoms with Crippen molar-refractivity contribution in [1.29, 1.82) is 0 Å². The van der Waals surface area contributed by atoms with E-state index in [2.05, 4.69) is 19.2 Å². The van der Waals surface area contributed by atoms with Gasteiger partial charge in [-0.2, -0.15) is 4.31 Å². The molecule has 8 heteroatoms. The lowest BCUT2D eigenvalue weighted by Crippen LogP contribution is -2.42. The molecule has 0 bridgehead atoms. The number of sulfonamides is 1. The Morgan fingerprint density at radius 2 is 1.76 bits per heavy atom. The van der Waals surface area contributed by atoms with E-state index >= 15 is 0 Å². The van der Waals surface area contributed by atoms with Gasteiger partial charge < -0.3 is 5.32 Å². The summed E-state index contributed by atoms with van der Waals surface area (Å²) in [5.41, 5.74) is 0.877. The van der Waals surface area contributed by atoms with Gasteiger partial charge >= 0.3 is 0 Å². The van der Waals surface area contributed by atoms with Gasteiger partial charge in [0.05, 0.1) is 27.2 Å². The van der Waals surface area contributed by atoms with Crippen LogP contribution in [0.3, 0.4) is 0 Å². The molecular weight excluding hydrogens is 431 g/mol. The third-order valence-electron chi connectivity index (χ3n) is 5.02. The molecule has 2 aromatic carbocycles. The molecule has 1 N–H and O–H groups in total. The van der Waals surface area contributed by atoms with Gasteiger partial charge in [-0.25, -0.2) is 8.42 Å². The van der Waals surface area contributed by atoms with E-state index in [1.54, 1.807) is 30.3 Å². The van der Waals surface area contributed by atoms with Crippen LogP contribution in [0, 0.1) is 11.8 Å². The van der Waals surface area contributed by atoms with Crippen LogP contribution in [0.15, 0.2) is 47.4 Å². The molecule has 0 aromatic heterocycles. The highest BCUT2D eigenvalue weighted by atomic mass is 35.5. The Bertz CT molecular complexity index is 1000. The quantitative estimate of drug-likeness (QED) is 0.626. The maximum Gasteiger partial charge on any atom is 0.243 e. The largest absolute Gasteiger partial charge is 0.376 e. The smallest absolute Gasteiger partial charge is 0.243 e. The van der Waals surface area contributed by atoms with Gasteiger partial charge in [0.2, 0.25) is 10.0 Å². The molecule has 0 saturated carbocycles. The first kappa shape index (κ1) is 22.1. The summed E-state index contributed by atoms with van der Waals surface area (Å²) in [4.78, 5) is 12.8. The Labute approximate surface area is 182 Å². The Morgan fingerprint density at radius 3 is 2.45 bits per heavy atom. The SMILES string of the molecule is CC1CC(C)CN(S(=O)(=O)c2cccc(C(=O)CNc3cccc(Cl)c3Cl)c2)C1. The number of piperidine rings is 1. The standard InChI is InChI=1S/C21H24Cl2N2O3S/c1-14-9-15(2)13-25(12-14)29(27,28)17-6-3-5-16(10-17)20(26)11-24-19-8-4-7-18(22)21(19)23/h3-8,10,14-15,24H,9,11-13H2,1-2H3. The summed E-state index contributed by atoms with van der Waals surface area (Å²) < 4.78 is 27.7. The Kier molecular flexibility index (Phi) is 6.89. The van der Waals surface area contributed by atoms with Crippen molar-refractivity contribution in [2.24, 2.45) is 11.8 Å². The topological polar surface area (TPSA) is 66.5 Å². The van der Waals surface area contributed by atoms with Crippen LogP contribution in [0.25, 0.3) is 0 Å². The summed E-state index contributed by atoms with van der Waals surface area (Å²) in [5, 5.41) is 3.69. The molecule has 156 valence electrons. The molecule has 29 heavy (non-hydrogen) atoms. The minimum absolute atomic E-state index is 0.0264. The molecule has 1 aliphatic heterocycles. The van der Waals surface area contributed by atoms with Crippen LogP contribution in [0.5, 0.6) is 0 Å². The van der Waals surface area contributed by atoms with Gasteiger partial charge in [-0.3, -0.25) is 4.79 Å². The number of anilines is 1. The van der Waals surface area contributed by atoms with Gasteiger partial charge in [0, 0.05) is 18.7 Å². The third-order valence-corrected chi connectivity index (χ3v) is 7.67. The van der Waals surface area contributed by atoms with Gasteiger partial charge in [0.15, 0.2) is 5.78 Å². The van der Waals surface area contributed by atoms with Crippen LogP contribution in [0.1, 0.15) is 30.6 Å². The second-order valence-corrected chi connectivity index (χ2v) is 10.4. The first-order valence-corrected chi connectivity index (χ1v) is 11.7. The van der Waals surface area contributed by atoms with E-state index < -0.39 is 10.0 Å². The average molecular weight is 455 g/mol. The summed E-state index contributed by atoms with van der Waals surface area (Å²) in [5.74, 6) is 0.383. The molecule has 0 amide bonds. The molecule has 0 aliphatic carbocycles. The molecule has 1 saturated heterocycles. The van der Waals surface area contributed by atoms with Crippen LogP contribution in [0.4, 0.5) is 5.69 Å². The number of hydrogen-bond donors (Lipinski definition) is 1. The lowest BCUT2D eigenvalue weighted by molar-refractivity contribution is 0.101. The molecule has 2 aromatic rings. The van der Waals surface area contributed by atoms with Gasteiger partial charge in [0.25, 0.3) is 0 Å². The number of hydrogen-bond acceptors (Lipinski definition) is 4. The molecule has 1 fully saturated rings. The van der Waals surface area contributed by atoms with Crippen molar-refractivity contribution >= 4 is 44.7 Å². The van der Waals surface area contributed by atoms with Gasteiger partial charge in [-0.1, -0.05) is 55.2 Å². The molecule has 0 radical (unpaired) electrons. The lowest BCUT2D eigenvalue weighted by Gasteiger charge is -2.34. The molecule has 1 aliphatic rings. The van der Waals surface area contributed by atoms with E-state index in [9.17, 15) is 13.2 Å². The molecule has 0 spiro atoms. The Hall–Kier alpha value is -1.60. The second kappa shape index (κ2) is 9.04. The van der Waals surface area contributed by atoms with Crippen molar-refractivity contribution in [3.8, 4) is 0 Å². The van der Waals surface area contributed by atoms with Crippen molar-refractivity contribution in [3.05, 3.63) is 58.1 Å². The first-order valence-electron chi connectivity index (χ1n) is 9.49. The van der Waals surface area contributed by atoms with E-state index in [1.807, 2.05) is 0 Å². The van der Waals surface area contributed by atoms with Gasteiger partial charge in [0.1, 0.15) is 0 Å². The normalized spacial score (nSPS) is 20.4. The van der Waals surface area contributed by atoms with E-state index in [1.165, 1.54) is 16.4 Å². The third kappa shape index (κ3) is 5.12. The van der Waals surface area contributed by atoms with Gasteiger partial charge in [-0.05, 0) is 42.5 Å². The second-order valence-electron chi connectivity index (χ2n) is 7.67. The fourth-order valence-corrected chi connectivity index (χ4v) is 5.79. The highest BCUT2D eigenvalue weighted by molar-refractivity contribution is 7.89. The predicted octanol–water partition coefficient (Wildman–Crippen LogP) is 4.95. The van der Waals surface area contributed by atoms with E-state index in [4.69, 9.17) is 23.2 Å². The molecule has 2 unspecified atom stereocenters. The van der Waals surface area contributed by atoms with Crippen molar-refractivity contribution in [2.75, 3.05) is 25.0 Å². The van der Waals surface area contributed by atoms with Crippen molar-refractivity contribution < 1.29 is 13.2 Å². The van der Waals surface area contributed by atoms with E-state index in [0.29, 0.717) is 46.2 Å². The maximum atomic E-state index is 13.1. The molecule has 3 rings (SSSR count). The zero-order chi connectivity index (χ0) is 21.2. The monoisotopic (exact) mass is 454 g/mol. The van der Waals surface area contributed by atoms with Crippen LogP contribution in [-0.2, 0) is 10.0 Å². The fraction of sp³-hybridized carbons (Fsp3) is 0.381. The first-order chi connectivity index (χ1) is 13.7. The minimum atomic E-state index is -3.64. The highest BCUT2D eigenvalue weighted by Crippen LogP contribution is 2.30. The van der Waals surface area contributed by atoms with Crippen LogP contribution in [0.2, 0.25) is 10.0 Å².